The Hall–Kier alpha value is -0.0800. The number of nitrogens with zero attached hydrogens (tertiary/aromatic N) is 1. The summed E-state index contributed by atoms with van der Waals surface area (Å²) in [7, 11) is 0. The lowest BCUT2D eigenvalue weighted by atomic mass is 9.97. The van der Waals surface area contributed by atoms with Gasteiger partial charge >= 0.3 is 0 Å². The molecular weight excluding hydrogens is 162 g/mol. The molecule has 1 N–H and O–H groups in total. The molecule has 0 amide bonds. The summed E-state index contributed by atoms with van der Waals surface area (Å²) in [4.78, 5) is 2.55. The number of hydrogen-bond acceptors (Lipinski definition) is 2. The largest absolute Gasteiger partial charge is 0.393 e. The lowest BCUT2D eigenvalue weighted by Gasteiger charge is -2.37. The number of unbranched alkanes of at least 4 members (excludes halogenated alkanes) is 1. The van der Waals surface area contributed by atoms with E-state index in [-0.39, 0.29) is 6.10 Å². The van der Waals surface area contributed by atoms with Crippen molar-refractivity contribution in [1.82, 2.24) is 4.90 Å². The Morgan fingerprint density at radius 3 is 2.77 bits per heavy atom. The van der Waals surface area contributed by atoms with Gasteiger partial charge < -0.3 is 10.0 Å². The molecule has 0 spiro atoms. The maximum atomic E-state index is 9.53. The zero-order valence-corrected chi connectivity index (χ0v) is 9.00. The summed E-state index contributed by atoms with van der Waals surface area (Å²) < 4.78 is 0. The molecule has 0 aliphatic carbocycles. The van der Waals surface area contributed by atoms with E-state index < -0.39 is 0 Å². The van der Waals surface area contributed by atoms with Crippen molar-refractivity contribution < 1.29 is 5.11 Å². The maximum Gasteiger partial charge on any atom is 0.0567 e. The van der Waals surface area contributed by atoms with Gasteiger partial charge in [0.1, 0.15) is 0 Å². The molecule has 13 heavy (non-hydrogen) atoms. The summed E-state index contributed by atoms with van der Waals surface area (Å²) in [5.74, 6) is 0. The zero-order chi connectivity index (χ0) is 9.68. The molecule has 0 aromatic carbocycles. The van der Waals surface area contributed by atoms with E-state index in [9.17, 15) is 5.11 Å². The highest BCUT2D eigenvalue weighted by molar-refractivity contribution is 4.80. The molecule has 2 atom stereocenters. The molecule has 0 aromatic rings. The second kappa shape index (κ2) is 5.61. The zero-order valence-electron chi connectivity index (χ0n) is 9.00. The number of aliphatic hydroxyl groups is 1. The average Bonchev–Trinajstić information content (AvgIpc) is 2.16. The minimum Gasteiger partial charge on any atom is -0.393 e. The van der Waals surface area contributed by atoms with Gasteiger partial charge in [0.25, 0.3) is 0 Å². The van der Waals surface area contributed by atoms with E-state index in [1.165, 1.54) is 25.8 Å². The van der Waals surface area contributed by atoms with Crippen LogP contribution in [0.1, 0.15) is 46.0 Å². The second-order valence-electron chi connectivity index (χ2n) is 4.13. The number of rotatable bonds is 4. The van der Waals surface area contributed by atoms with Gasteiger partial charge in [-0.15, -0.1) is 0 Å². The summed E-state index contributed by atoms with van der Waals surface area (Å²) in [6.45, 7) is 6.78. The third-order valence-corrected chi connectivity index (χ3v) is 3.08. The average molecular weight is 185 g/mol. The molecule has 0 saturated carbocycles. The molecule has 1 fully saturated rings. The molecule has 0 bridgehead atoms. The normalized spacial score (nSPS) is 30.7. The molecule has 1 aliphatic rings. The van der Waals surface area contributed by atoms with Gasteiger partial charge in [-0.2, -0.15) is 0 Å². The van der Waals surface area contributed by atoms with Crippen LogP contribution in [-0.2, 0) is 0 Å². The van der Waals surface area contributed by atoms with Crippen molar-refractivity contribution in [3.05, 3.63) is 0 Å². The lowest BCUT2D eigenvalue weighted by molar-refractivity contribution is 0.0393. The van der Waals surface area contributed by atoms with Crippen LogP contribution in [0.2, 0.25) is 0 Å². The van der Waals surface area contributed by atoms with Crippen molar-refractivity contribution in [1.29, 1.82) is 0 Å². The summed E-state index contributed by atoms with van der Waals surface area (Å²) in [5.41, 5.74) is 0. The second-order valence-corrected chi connectivity index (χ2v) is 4.13. The summed E-state index contributed by atoms with van der Waals surface area (Å²) in [6.07, 6.45) is 5.67. The summed E-state index contributed by atoms with van der Waals surface area (Å²) in [5, 5.41) is 9.53. The standard InChI is InChI=1S/C11H23NO/c1-3-5-7-12-8-6-11(13)9-10(12)4-2/h10-11,13H,3-9H2,1-2H3/t10-,11-/m1/s1. The first-order valence-corrected chi connectivity index (χ1v) is 5.70. The van der Waals surface area contributed by atoms with Gasteiger partial charge in [-0.05, 0) is 32.2 Å². The summed E-state index contributed by atoms with van der Waals surface area (Å²) in [6, 6.07) is 0.635. The molecule has 1 rings (SSSR count). The van der Waals surface area contributed by atoms with Crippen molar-refractivity contribution in [2.75, 3.05) is 13.1 Å². The number of hydrogen-bond donors (Lipinski definition) is 1. The van der Waals surface area contributed by atoms with Crippen LogP contribution in [0.4, 0.5) is 0 Å². The SMILES string of the molecule is CCCCN1CC[C@@H](O)C[C@H]1CC. The van der Waals surface area contributed by atoms with E-state index in [1.54, 1.807) is 0 Å². The smallest absolute Gasteiger partial charge is 0.0567 e. The molecule has 2 heteroatoms. The Morgan fingerprint density at radius 1 is 1.38 bits per heavy atom. The molecule has 1 saturated heterocycles. The van der Waals surface area contributed by atoms with E-state index >= 15 is 0 Å². The molecule has 78 valence electrons. The maximum absolute atomic E-state index is 9.53. The van der Waals surface area contributed by atoms with Gasteiger partial charge in [0, 0.05) is 12.6 Å². The van der Waals surface area contributed by atoms with Crippen molar-refractivity contribution >= 4 is 0 Å². The van der Waals surface area contributed by atoms with Gasteiger partial charge in [-0.3, -0.25) is 0 Å². The van der Waals surface area contributed by atoms with E-state index in [0.717, 1.165) is 19.4 Å². The van der Waals surface area contributed by atoms with Gasteiger partial charge in [0.2, 0.25) is 0 Å². The number of likely N-dealkylation sites (tertiary alicyclic amines) is 1. The van der Waals surface area contributed by atoms with Crippen LogP contribution in [0.15, 0.2) is 0 Å². The first-order chi connectivity index (χ1) is 6.27. The van der Waals surface area contributed by atoms with Crippen molar-refractivity contribution in [2.45, 2.75) is 58.1 Å². The fraction of sp³-hybridized carbons (Fsp3) is 1.00. The molecule has 1 heterocycles. The quantitative estimate of drug-likeness (QED) is 0.724. The predicted octanol–water partition coefficient (Wildman–Crippen LogP) is 2.02. The minimum atomic E-state index is -0.0390. The molecule has 0 radical (unpaired) electrons. The third-order valence-electron chi connectivity index (χ3n) is 3.08. The van der Waals surface area contributed by atoms with Crippen LogP contribution in [0.25, 0.3) is 0 Å². The van der Waals surface area contributed by atoms with E-state index in [2.05, 4.69) is 18.7 Å². The third kappa shape index (κ3) is 3.28. The fourth-order valence-corrected chi connectivity index (χ4v) is 2.16. The first-order valence-electron chi connectivity index (χ1n) is 5.70. The Bertz CT molecular complexity index is 136. The van der Waals surface area contributed by atoms with E-state index in [4.69, 9.17) is 0 Å². The van der Waals surface area contributed by atoms with Crippen LogP contribution in [0.5, 0.6) is 0 Å². The highest BCUT2D eigenvalue weighted by Crippen LogP contribution is 2.20. The highest BCUT2D eigenvalue weighted by Gasteiger charge is 2.24. The Balaban J connectivity index is 2.33. The molecule has 2 nitrogen and oxygen atoms in total. The van der Waals surface area contributed by atoms with Crippen molar-refractivity contribution in [3.63, 3.8) is 0 Å². The van der Waals surface area contributed by atoms with Crippen molar-refractivity contribution in [3.8, 4) is 0 Å². The monoisotopic (exact) mass is 185 g/mol. The van der Waals surface area contributed by atoms with E-state index in [1.807, 2.05) is 0 Å². The number of aliphatic hydroxyl groups excluding tert-OH is 1. The Morgan fingerprint density at radius 2 is 2.15 bits per heavy atom. The van der Waals surface area contributed by atoms with Crippen LogP contribution < -0.4 is 0 Å². The molecule has 0 aromatic heterocycles. The first kappa shape index (κ1) is 11.0. The highest BCUT2D eigenvalue weighted by atomic mass is 16.3. The molecular formula is C11H23NO. The van der Waals surface area contributed by atoms with Gasteiger partial charge in [0.15, 0.2) is 0 Å². The fourth-order valence-electron chi connectivity index (χ4n) is 2.16. The van der Waals surface area contributed by atoms with Gasteiger partial charge in [-0.1, -0.05) is 20.3 Å². The van der Waals surface area contributed by atoms with Crippen LogP contribution >= 0.6 is 0 Å². The topological polar surface area (TPSA) is 23.5 Å². The lowest BCUT2D eigenvalue weighted by Crippen LogP contribution is -2.44. The van der Waals surface area contributed by atoms with Gasteiger partial charge in [0.05, 0.1) is 6.10 Å². The Labute approximate surface area is 81.9 Å². The minimum absolute atomic E-state index is 0.0390. The van der Waals surface area contributed by atoms with Gasteiger partial charge in [-0.25, -0.2) is 0 Å². The summed E-state index contributed by atoms with van der Waals surface area (Å²) >= 11 is 0. The number of piperidine rings is 1. The molecule has 0 unspecified atom stereocenters. The van der Waals surface area contributed by atoms with Crippen molar-refractivity contribution in [2.24, 2.45) is 0 Å². The van der Waals surface area contributed by atoms with Crippen LogP contribution in [0, 0.1) is 0 Å². The van der Waals surface area contributed by atoms with E-state index in [0.29, 0.717) is 6.04 Å². The van der Waals surface area contributed by atoms with Crippen LogP contribution in [-0.4, -0.2) is 35.2 Å². The molecule has 1 aliphatic heterocycles. The Kier molecular flexibility index (Phi) is 4.74. The predicted molar refractivity (Wildman–Crippen MR) is 55.8 cm³/mol. The van der Waals surface area contributed by atoms with Crippen LogP contribution in [0.3, 0.4) is 0 Å².